The van der Waals surface area contributed by atoms with Gasteiger partial charge in [-0.1, -0.05) is 0 Å². The zero-order valence-electron chi connectivity index (χ0n) is 8.78. The van der Waals surface area contributed by atoms with E-state index in [2.05, 4.69) is 14.9 Å². The van der Waals surface area contributed by atoms with Gasteiger partial charge in [0.2, 0.25) is 5.28 Å². The Hall–Kier alpha value is -0.870. The van der Waals surface area contributed by atoms with Crippen LogP contribution in [0.15, 0.2) is 6.07 Å². The SMILES string of the molecule is Cc1cc(N2CCC[C@H]2CN)nc(Cl)n1. The van der Waals surface area contributed by atoms with Gasteiger partial charge < -0.3 is 10.6 Å². The maximum Gasteiger partial charge on any atom is 0.224 e. The Bertz CT molecular complexity index is 335. The van der Waals surface area contributed by atoms with Crippen LogP contribution in [0.2, 0.25) is 5.28 Å². The molecule has 0 radical (unpaired) electrons. The third-order valence-corrected chi connectivity index (χ3v) is 2.93. The first kappa shape index (κ1) is 10.6. The molecule has 1 atom stereocenters. The molecule has 0 aliphatic carbocycles. The average Bonchev–Trinajstić information content (AvgIpc) is 2.63. The highest BCUT2D eigenvalue weighted by Gasteiger charge is 2.24. The van der Waals surface area contributed by atoms with E-state index < -0.39 is 0 Å². The molecule has 0 aromatic carbocycles. The summed E-state index contributed by atoms with van der Waals surface area (Å²) in [6.07, 6.45) is 2.31. The molecule has 1 aromatic heterocycles. The second-order valence-corrected chi connectivity index (χ2v) is 4.20. The van der Waals surface area contributed by atoms with E-state index in [4.69, 9.17) is 17.3 Å². The fraction of sp³-hybridized carbons (Fsp3) is 0.600. The average molecular weight is 227 g/mol. The van der Waals surface area contributed by atoms with E-state index in [-0.39, 0.29) is 0 Å². The van der Waals surface area contributed by atoms with Crippen molar-refractivity contribution >= 4 is 17.4 Å². The minimum atomic E-state index is 0.313. The Morgan fingerprint density at radius 1 is 1.60 bits per heavy atom. The van der Waals surface area contributed by atoms with E-state index in [1.807, 2.05) is 13.0 Å². The van der Waals surface area contributed by atoms with Crippen LogP contribution in [0, 0.1) is 6.92 Å². The topological polar surface area (TPSA) is 55.0 Å². The monoisotopic (exact) mass is 226 g/mol. The molecule has 1 aliphatic rings. The molecule has 0 saturated carbocycles. The summed E-state index contributed by atoms with van der Waals surface area (Å²) in [5.41, 5.74) is 6.62. The van der Waals surface area contributed by atoms with Crippen LogP contribution < -0.4 is 10.6 Å². The Kier molecular flexibility index (Phi) is 3.07. The first-order valence-corrected chi connectivity index (χ1v) is 5.56. The number of hydrogen-bond acceptors (Lipinski definition) is 4. The summed E-state index contributed by atoms with van der Waals surface area (Å²) in [7, 11) is 0. The van der Waals surface area contributed by atoms with Crippen molar-refractivity contribution in [2.24, 2.45) is 5.73 Å². The minimum Gasteiger partial charge on any atom is -0.352 e. The fourth-order valence-corrected chi connectivity index (χ4v) is 2.27. The van der Waals surface area contributed by atoms with Crippen LogP contribution in [-0.2, 0) is 0 Å². The zero-order chi connectivity index (χ0) is 10.8. The maximum atomic E-state index is 5.84. The molecule has 2 rings (SSSR count). The normalized spacial score (nSPS) is 21.0. The Labute approximate surface area is 94.5 Å². The van der Waals surface area contributed by atoms with E-state index in [9.17, 15) is 0 Å². The number of hydrogen-bond donors (Lipinski definition) is 1. The summed E-state index contributed by atoms with van der Waals surface area (Å²) < 4.78 is 0. The number of anilines is 1. The molecule has 0 amide bonds. The Morgan fingerprint density at radius 2 is 2.40 bits per heavy atom. The van der Waals surface area contributed by atoms with Crippen molar-refractivity contribution in [3.63, 3.8) is 0 Å². The molecule has 0 spiro atoms. The number of rotatable bonds is 2. The van der Waals surface area contributed by atoms with Crippen LogP contribution in [0.4, 0.5) is 5.82 Å². The summed E-state index contributed by atoms with van der Waals surface area (Å²) >= 11 is 5.84. The predicted octanol–water partition coefficient (Wildman–Crippen LogP) is 1.37. The molecular weight excluding hydrogens is 212 g/mol. The van der Waals surface area contributed by atoms with E-state index in [1.165, 1.54) is 6.42 Å². The second kappa shape index (κ2) is 4.33. The van der Waals surface area contributed by atoms with Gasteiger partial charge in [0.1, 0.15) is 5.82 Å². The molecule has 4 nitrogen and oxygen atoms in total. The fourth-order valence-electron chi connectivity index (χ4n) is 2.05. The van der Waals surface area contributed by atoms with Gasteiger partial charge in [-0.25, -0.2) is 9.97 Å². The number of nitrogens with zero attached hydrogens (tertiary/aromatic N) is 3. The smallest absolute Gasteiger partial charge is 0.224 e. The third kappa shape index (κ3) is 2.21. The Morgan fingerprint density at radius 3 is 3.07 bits per heavy atom. The van der Waals surface area contributed by atoms with Crippen LogP contribution in [0.25, 0.3) is 0 Å². The maximum absolute atomic E-state index is 5.84. The highest BCUT2D eigenvalue weighted by molar-refractivity contribution is 6.28. The van der Waals surface area contributed by atoms with Gasteiger partial charge in [0.05, 0.1) is 0 Å². The highest BCUT2D eigenvalue weighted by Crippen LogP contribution is 2.24. The summed E-state index contributed by atoms with van der Waals surface area (Å²) in [5, 5.41) is 0.313. The van der Waals surface area contributed by atoms with Gasteiger partial charge in [-0.15, -0.1) is 0 Å². The standard InChI is InChI=1S/C10H15ClN4/c1-7-5-9(14-10(11)13-7)15-4-2-3-8(15)6-12/h5,8H,2-4,6,12H2,1H3/t8-/m0/s1. The summed E-state index contributed by atoms with van der Waals surface area (Å²) in [6.45, 7) is 3.60. The number of aromatic nitrogens is 2. The first-order valence-electron chi connectivity index (χ1n) is 5.18. The lowest BCUT2D eigenvalue weighted by molar-refractivity contribution is 0.670. The highest BCUT2D eigenvalue weighted by atomic mass is 35.5. The molecule has 1 aliphatic heterocycles. The van der Waals surface area contributed by atoms with Crippen LogP contribution in [0.3, 0.4) is 0 Å². The Balaban J connectivity index is 2.28. The molecule has 1 aromatic rings. The van der Waals surface area contributed by atoms with Crippen LogP contribution in [0.5, 0.6) is 0 Å². The largest absolute Gasteiger partial charge is 0.352 e. The molecule has 2 heterocycles. The van der Waals surface area contributed by atoms with Gasteiger partial charge in [-0.05, 0) is 31.4 Å². The van der Waals surface area contributed by atoms with Gasteiger partial charge in [-0.2, -0.15) is 0 Å². The van der Waals surface area contributed by atoms with E-state index in [0.717, 1.165) is 24.5 Å². The van der Waals surface area contributed by atoms with Crippen LogP contribution >= 0.6 is 11.6 Å². The number of nitrogens with two attached hydrogens (primary N) is 1. The summed E-state index contributed by atoms with van der Waals surface area (Å²) in [6, 6.07) is 2.36. The van der Waals surface area contributed by atoms with Crippen molar-refractivity contribution in [3.8, 4) is 0 Å². The predicted molar refractivity (Wildman–Crippen MR) is 61.2 cm³/mol. The van der Waals surface area contributed by atoms with E-state index >= 15 is 0 Å². The van der Waals surface area contributed by atoms with Crippen LogP contribution in [-0.4, -0.2) is 29.1 Å². The van der Waals surface area contributed by atoms with Crippen molar-refractivity contribution < 1.29 is 0 Å². The molecule has 5 heteroatoms. The van der Waals surface area contributed by atoms with E-state index in [1.54, 1.807) is 0 Å². The van der Waals surface area contributed by atoms with Gasteiger partial charge in [-0.3, -0.25) is 0 Å². The summed E-state index contributed by atoms with van der Waals surface area (Å²) in [4.78, 5) is 10.5. The van der Waals surface area contributed by atoms with Gasteiger partial charge >= 0.3 is 0 Å². The molecule has 15 heavy (non-hydrogen) atoms. The lowest BCUT2D eigenvalue weighted by Crippen LogP contribution is -2.36. The van der Waals surface area contributed by atoms with Gasteiger partial charge in [0.25, 0.3) is 0 Å². The third-order valence-electron chi connectivity index (χ3n) is 2.76. The van der Waals surface area contributed by atoms with Crippen molar-refractivity contribution in [1.29, 1.82) is 0 Å². The molecule has 2 N–H and O–H groups in total. The van der Waals surface area contributed by atoms with Crippen molar-refractivity contribution in [2.45, 2.75) is 25.8 Å². The second-order valence-electron chi connectivity index (χ2n) is 3.86. The zero-order valence-corrected chi connectivity index (χ0v) is 9.54. The molecular formula is C10H15ClN4. The van der Waals surface area contributed by atoms with E-state index in [0.29, 0.717) is 17.9 Å². The quantitative estimate of drug-likeness (QED) is 0.774. The summed E-state index contributed by atoms with van der Waals surface area (Å²) in [5.74, 6) is 0.903. The molecule has 82 valence electrons. The molecule has 0 bridgehead atoms. The van der Waals surface area contributed by atoms with Crippen LogP contribution in [0.1, 0.15) is 18.5 Å². The first-order chi connectivity index (χ1) is 7.20. The lowest BCUT2D eigenvalue weighted by Gasteiger charge is -2.24. The minimum absolute atomic E-state index is 0.313. The van der Waals surface area contributed by atoms with Crippen molar-refractivity contribution in [1.82, 2.24) is 9.97 Å². The van der Waals surface area contributed by atoms with Gasteiger partial charge in [0.15, 0.2) is 0 Å². The lowest BCUT2D eigenvalue weighted by atomic mass is 10.2. The van der Waals surface area contributed by atoms with Crippen molar-refractivity contribution in [2.75, 3.05) is 18.0 Å². The molecule has 1 saturated heterocycles. The number of aryl methyl sites for hydroxylation is 1. The molecule has 0 unspecified atom stereocenters. The molecule has 1 fully saturated rings. The van der Waals surface area contributed by atoms with Crippen molar-refractivity contribution in [3.05, 3.63) is 17.0 Å². The van der Waals surface area contributed by atoms with Gasteiger partial charge in [0, 0.05) is 30.9 Å². The number of halogens is 1.